The molecule has 7 N–H and O–H groups in total. The lowest BCUT2D eigenvalue weighted by molar-refractivity contribution is -0.307. The lowest BCUT2D eigenvalue weighted by Gasteiger charge is -2.40. The molecule has 0 aromatic heterocycles. The smallest absolute Gasteiger partial charge is 0.186 e. The highest BCUT2D eigenvalue weighted by Gasteiger charge is 2.44. The highest BCUT2D eigenvalue weighted by Crippen LogP contribution is 2.22. The Morgan fingerprint density at radius 2 is 1.90 bits per heavy atom. The average Bonchev–Trinajstić information content (AvgIpc) is 2.50. The van der Waals surface area contributed by atoms with Crippen molar-refractivity contribution in [3.63, 3.8) is 0 Å². The van der Waals surface area contributed by atoms with Gasteiger partial charge in [-0.25, -0.2) is 0 Å². The first-order chi connectivity index (χ1) is 9.80. The fourth-order valence-electron chi connectivity index (χ4n) is 1.65. The van der Waals surface area contributed by atoms with Crippen LogP contribution in [0, 0.1) is 0 Å². The average molecular weight is 299 g/mol. The van der Waals surface area contributed by atoms with Gasteiger partial charge in [-0.2, -0.15) is 0 Å². The summed E-state index contributed by atoms with van der Waals surface area (Å²) in [5.74, 6) is 0. The van der Waals surface area contributed by atoms with Gasteiger partial charge in [-0.05, 0) is 6.90 Å². The first-order valence-corrected chi connectivity index (χ1v) is 6.03. The zero-order chi connectivity index (χ0) is 16.2. The van der Waals surface area contributed by atoms with Crippen molar-refractivity contribution in [2.45, 2.75) is 49.3 Å². The molecule has 0 bridgehead atoms. The van der Waals surface area contributed by atoms with Crippen molar-refractivity contribution in [2.75, 3.05) is 19.8 Å². The summed E-state index contributed by atoms with van der Waals surface area (Å²) in [6.45, 7) is -2.77. The minimum absolute atomic E-state index is 0.599. The summed E-state index contributed by atoms with van der Waals surface area (Å²) in [6.07, 6.45) is -9.02. The normalized spacial score (nSPS) is 40.0. The zero-order valence-corrected chi connectivity index (χ0v) is 10.7. The van der Waals surface area contributed by atoms with E-state index >= 15 is 0 Å². The third-order valence-electron chi connectivity index (χ3n) is 3.16. The molecule has 0 radical (unpaired) electrons. The molecule has 1 heterocycles. The first kappa shape index (κ1) is 16.0. The maximum absolute atomic E-state index is 9.68. The standard InChI is InChI=1S/C11H22O9/c1-11(18,4-13)6(14)3-19-10-9(17)8(16)7(15)5(2-12)20-10/h5-10,12-18H,2-4H2,1H3/t5-,6-,7-,8+,9-,10+,11+/m1/s1/i1D. The second kappa shape index (κ2) is 7.07. The number of hydrogen-bond donors (Lipinski definition) is 7. The molecule has 0 aromatic rings. The van der Waals surface area contributed by atoms with Gasteiger partial charge in [0.25, 0.3) is 0 Å². The predicted molar refractivity (Wildman–Crippen MR) is 63.4 cm³/mol. The number of hydrogen-bond acceptors (Lipinski definition) is 9. The molecular formula is C11H22O9. The van der Waals surface area contributed by atoms with Crippen LogP contribution in [0.1, 0.15) is 8.27 Å². The van der Waals surface area contributed by atoms with Gasteiger partial charge in [0.05, 0.1) is 19.8 Å². The van der Waals surface area contributed by atoms with E-state index in [2.05, 4.69) is 0 Å². The molecular weight excluding hydrogens is 276 g/mol. The van der Waals surface area contributed by atoms with Gasteiger partial charge in [-0.15, -0.1) is 0 Å². The van der Waals surface area contributed by atoms with Gasteiger partial charge in [0.1, 0.15) is 36.1 Å². The fourth-order valence-corrected chi connectivity index (χ4v) is 1.65. The third-order valence-corrected chi connectivity index (χ3v) is 3.16. The van der Waals surface area contributed by atoms with Crippen molar-refractivity contribution in [3.8, 4) is 0 Å². The molecule has 1 saturated heterocycles. The van der Waals surface area contributed by atoms with Crippen molar-refractivity contribution in [3.05, 3.63) is 0 Å². The SMILES string of the molecule is [2H]C[C@](O)(CO)[C@H](O)CO[C@H]1O[C@H](CO)[C@@H](O)[C@H](O)[C@H]1O. The molecule has 9 heteroatoms. The van der Waals surface area contributed by atoms with E-state index < -0.39 is 69.1 Å². The highest BCUT2D eigenvalue weighted by atomic mass is 16.7. The van der Waals surface area contributed by atoms with Crippen molar-refractivity contribution in [1.29, 1.82) is 0 Å². The Bertz CT molecular complexity index is 312. The van der Waals surface area contributed by atoms with Crippen molar-refractivity contribution < 1.29 is 46.6 Å². The van der Waals surface area contributed by atoms with E-state index in [-0.39, 0.29) is 0 Å². The van der Waals surface area contributed by atoms with Gasteiger partial charge in [0.2, 0.25) is 0 Å². The Balaban J connectivity index is 2.61. The molecule has 1 fully saturated rings. The Morgan fingerprint density at radius 1 is 1.25 bits per heavy atom. The Kier molecular flexibility index (Phi) is 5.66. The van der Waals surface area contributed by atoms with E-state index in [4.69, 9.17) is 21.1 Å². The van der Waals surface area contributed by atoms with Gasteiger partial charge in [-0.3, -0.25) is 0 Å². The minimum atomic E-state index is -2.09. The number of ether oxygens (including phenoxy) is 2. The molecule has 0 amide bonds. The van der Waals surface area contributed by atoms with Gasteiger partial charge in [0, 0.05) is 1.37 Å². The van der Waals surface area contributed by atoms with E-state index in [1.165, 1.54) is 0 Å². The molecule has 120 valence electrons. The van der Waals surface area contributed by atoms with Gasteiger partial charge in [-0.1, -0.05) is 0 Å². The summed E-state index contributed by atoms with van der Waals surface area (Å²) in [7, 11) is 0. The Hall–Kier alpha value is -0.360. The fraction of sp³-hybridized carbons (Fsp3) is 1.00. The van der Waals surface area contributed by atoms with Crippen LogP contribution in [0.25, 0.3) is 0 Å². The second-order valence-electron chi connectivity index (χ2n) is 4.81. The lowest BCUT2D eigenvalue weighted by atomic mass is 9.99. The quantitative estimate of drug-likeness (QED) is 0.258. The van der Waals surface area contributed by atoms with Crippen LogP contribution in [-0.4, -0.2) is 98.0 Å². The van der Waals surface area contributed by atoms with Crippen LogP contribution in [-0.2, 0) is 9.47 Å². The maximum Gasteiger partial charge on any atom is 0.186 e. The summed E-state index contributed by atoms with van der Waals surface area (Å²) in [5, 5.41) is 66.0. The Labute approximate surface area is 117 Å². The lowest BCUT2D eigenvalue weighted by Crippen LogP contribution is -2.59. The summed E-state index contributed by atoms with van der Waals surface area (Å²) >= 11 is 0. The van der Waals surface area contributed by atoms with E-state index in [9.17, 15) is 25.5 Å². The predicted octanol–water partition coefficient (Wildman–Crippen LogP) is -4.09. The van der Waals surface area contributed by atoms with Crippen LogP contribution in [0.4, 0.5) is 0 Å². The van der Waals surface area contributed by atoms with Gasteiger partial charge < -0.3 is 45.2 Å². The summed E-state index contributed by atoms with van der Waals surface area (Å²) < 4.78 is 17.1. The minimum Gasteiger partial charge on any atom is -0.394 e. The molecule has 1 rings (SSSR count). The molecule has 1 aliphatic heterocycles. The van der Waals surface area contributed by atoms with Crippen molar-refractivity contribution in [2.24, 2.45) is 0 Å². The first-order valence-electron chi connectivity index (χ1n) is 6.74. The van der Waals surface area contributed by atoms with Crippen LogP contribution in [0.5, 0.6) is 0 Å². The van der Waals surface area contributed by atoms with Crippen LogP contribution in [0.3, 0.4) is 0 Å². The summed E-state index contributed by atoms with van der Waals surface area (Å²) in [5.41, 5.74) is -2.09. The summed E-state index contributed by atoms with van der Waals surface area (Å²) in [6, 6.07) is 0. The summed E-state index contributed by atoms with van der Waals surface area (Å²) in [4.78, 5) is 0. The van der Waals surface area contributed by atoms with Crippen molar-refractivity contribution in [1.82, 2.24) is 0 Å². The number of aliphatic hydroxyl groups is 7. The third kappa shape index (κ3) is 3.85. The van der Waals surface area contributed by atoms with E-state index in [0.717, 1.165) is 0 Å². The van der Waals surface area contributed by atoms with E-state index in [1.807, 2.05) is 0 Å². The number of rotatable bonds is 6. The van der Waals surface area contributed by atoms with Crippen LogP contribution >= 0.6 is 0 Å². The van der Waals surface area contributed by atoms with Gasteiger partial charge in [0.15, 0.2) is 6.29 Å². The molecule has 0 spiro atoms. The highest BCUT2D eigenvalue weighted by molar-refractivity contribution is 4.89. The largest absolute Gasteiger partial charge is 0.394 e. The molecule has 0 aromatic carbocycles. The van der Waals surface area contributed by atoms with Crippen LogP contribution < -0.4 is 0 Å². The molecule has 0 aliphatic carbocycles. The molecule has 1 aliphatic rings. The van der Waals surface area contributed by atoms with E-state index in [1.54, 1.807) is 0 Å². The molecule has 0 saturated carbocycles. The monoisotopic (exact) mass is 299 g/mol. The molecule has 20 heavy (non-hydrogen) atoms. The van der Waals surface area contributed by atoms with Crippen molar-refractivity contribution >= 4 is 0 Å². The van der Waals surface area contributed by atoms with Gasteiger partial charge >= 0.3 is 0 Å². The topological polar surface area (TPSA) is 160 Å². The molecule has 0 unspecified atom stereocenters. The second-order valence-corrected chi connectivity index (χ2v) is 4.81. The zero-order valence-electron chi connectivity index (χ0n) is 11.7. The maximum atomic E-state index is 9.68. The molecule has 7 atom stereocenters. The Morgan fingerprint density at radius 3 is 2.40 bits per heavy atom. The van der Waals surface area contributed by atoms with Crippen LogP contribution in [0.2, 0.25) is 0 Å². The molecule has 9 nitrogen and oxygen atoms in total. The van der Waals surface area contributed by atoms with Crippen LogP contribution in [0.15, 0.2) is 0 Å². The van der Waals surface area contributed by atoms with E-state index in [0.29, 0.717) is 0 Å². The number of aliphatic hydroxyl groups excluding tert-OH is 6.